The van der Waals surface area contributed by atoms with Crippen molar-refractivity contribution in [1.82, 2.24) is 10.2 Å². The Morgan fingerprint density at radius 2 is 1.59 bits per heavy atom. The van der Waals surface area contributed by atoms with Gasteiger partial charge in [0.05, 0.1) is 6.61 Å². The lowest BCUT2D eigenvalue weighted by Gasteiger charge is -2.32. The lowest BCUT2D eigenvalue weighted by Crippen LogP contribution is -2.52. The molecule has 0 saturated heterocycles. The Kier molecular flexibility index (Phi) is 9.75. The first-order valence-corrected chi connectivity index (χ1v) is 13.5. The van der Waals surface area contributed by atoms with E-state index in [0.29, 0.717) is 32.4 Å². The molecule has 1 atom stereocenters. The van der Waals surface area contributed by atoms with Crippen molar-refractivity contribution in [1.29, 1.82) is 0 Å². The lowest BCUT2D eigenvalue weighted by molar-refractivity contribution is -0.141. The second-order valence-corrected chi connectivity index (χ2v) is 9.97. The molecule has 0 bridgehead atoms. The van der Waals surface area contributed by atoms with Gasteiger partial charge in [-0.25, -0.2) is 0 Å². The average Bonchev–Trinajstić information content (AvgIpc) is 3.43. The molecule has 1 aliphatic carbocycles. The van der Waals surface area contributed by atoms with Gasteiger partial charge in [-0.2, -0.15) is 0 Å². The van der Waals surface area contributed by atoms with E-state index in [1.807, 2.05) is 85.8 Å². The molecule has 194 valence electrons. The highest BCUT2D eigenvalue weighted by Crippen LogP contribution is 2.21. The molecule has 0 aromatic heterocycles. The third-order valence-corrected chi connectivity index (χ3v) is 6.95. The summed E-state index contributed by atoms with van der Waals surface area (Å²) in [6.45, 7) is 2.89. The maximum Gasteiger partial charge on any atom is 0.243 e. The Morgan fingerprint density at radius 3 is 2.30 bits per heavy atom. The minimum Gasteiger partial charge on any atom is -0.494 e. The number of aryl methyl sites for hydroxylation is 1. The Bertz CT molecular complexity index is 1130. The summed E-state index contributed by atoms with van der Waals surface area (Å²) >= 11 is 0. The zero-order valence-electron chi connectivity index (χ0n) is 21.8. The van der Waals surface area contributed by atoms with Crippen LogP contribution in [0.25, 0.3) is 0 Å². The third kappa shape index (κ3) is 8.21. The zero-order valence-corrected chi connectivity index (χ0v) is 21.8. The molecular weight excluding hydrogens is 460 g/mol. The number of nitrogens with zero attached hydrogens (tertiary/aromatic N) is 1. The van der Waals surface area contributed by atoms with E-state index in [0.717, 1.165) is 48.1 Å². The molecule has 1 N–H and O–H groups in total. The van der Waals surface area contributed by atoms with Crippen molar-refractivity contribution in [3.63, 3.8) is 0 Å². The largest absolute Gasteiger partial charge is 0.494 e. The molecule has 1 saturated carbocycles. The smallest absolute Gasteiger partial charge is 0.243 e. The quantitative estimate of drug-likeness (QED) is 0.319. The molecular formula is C32H38N2O3. The van der Waals surface area contributed by atoms with Crippen LogP contribution >= 0.6 is 0 Å². The molecule has 1 unspecified atom stereocenters. The van der Waals surface area contributed by atoms with Gasteiger partial charge in [0, 0.05) is 25.4 Å². The van der Waals surface area contributed by atoms with Crippen LogP contribution in [0.15, 0.2) is 84.9 Å². The van der Waals surface area contributed by atoms with Gasteiger partial charge in [-0.05, 0) is 49.4 Å². The van der Waals surface area contributed by atoms with Gasteiger partial charge in [-0.1, -0.05) is 91.2 Å². The summed E-state index contributed by atoms with van der Waals surface area (Å²) in [5.41, 5.74) is 3.21. The molecule has 5 nitrogen and oxygen atoms in total. The van der Waals surface area contributed by atoms with Gasteiger partial charge < -0.3 is 15.0 Å². The van der Waals surface area contributed by atoms with Gasteiger partial charge in [-0.15, -0.1) is 0 Å². The number of ether oxygens (including phenoxy) is 1. The molecule has 0 heterocycles. The molecule has 0 aliphatic heterocycles. The highest BCUT2D eigenvalue weighted by Gasteiger charge is 2.32. The van der Waals surface area contributed by atoms with Crippen molar-refractivity contribution in [2.45, 2.75) is 70.5 Å². The van der Waals surface area contributed by atoms with E-state index in [-0.39, 0.29) is 17.9 Å². The maximum absolute atomic E-state index is 13.7. The van der Waals surface area contributed by atoms with Gasteiger partial charge in [0.25, 0.3) is 0 Å². The van der Waals surface area contributed by atoms with E-state index in [2.05, 4.69) is 11.4 Å². The highest BCUT2D eigenvalue weighted by atomic mass is 16.5. The second kappa shape index (κ2) is 13.6. The fraction of sp³-hybridized carbons (Fsp3) is 0.375. The number of amides is 2. The summed E-state index contributed by atoms with van der Waals surface area (Å²) in [5, 5.41) is 3.26. The monoisotopic (exact) mass is 498 g/mol. The zero-order chi connectivity index (χ0) is 25.9. The number of carbonyl (C=O) groups excluding carboxylic acids is 2. The molecule has 37 heavy (non-hydrogen) atoms. The van der Waals surface area contributed by atoms with E-state index in [9.17, 15) is 9.59 Å². The van der Waals surface area contributed by atoms with Crippen LogP contribution in [-0.2, 0) is 22.6 Å². The predicted octanol–water partition coefficient (Wildman–Crippen LogP) is 5.85. The Balaban J connectivity index is 1.52. The predicted molar refractivity (Wildman–Crippen MR) is 147 cm³/mol. The van der Waals surface area contributed by atoms with Gasteiger partial charge in [0.1, 0.15) is 11.8 Å². The van der Waals surface area contributed by atoms with Gasteiger partial charge in [0.2, 0.25) is 11.8 Å². The van der Waals surface area contributed by atoms with Crippen molar-refractivity contribution < 1.29 is 14.3 Å². The molecule has 4 rings (SSSR count). The lowest BCUT2D eigenvalue weighted by atomic mass is 10.0. The van der Waals surface area contributed by atoms with E-state index >= 15 is 0 Å². The van der Waals surface area contributed by atoms with Crippen LogP contribution in [0.3, 0.4) is 0 Å². The van der Waals surface area contributed by atoms with Crippen LogP contribution < -0.4 is 10.1 Å². The van der Waals surface area contributed by atoms with Crippen LogP contribution in [0.2, 0.25) is 0 Å². The van der Waals surface area contributed by atoms with Crippen molar-refractivity contribution >= 4 is 11.8 Å². The van der Waals surface area contributed by atoms with E-state index in [1.54, 1.807) is 4.90 Å². The topological polar surface area (TPSA) is 58.6 Å². The Morgan fingerprint density at radius 1 is 0.919 bits per heavy atom. The molecule has 1 aliphatic rings. The van der Waals surface area contributed by atoms with E-state index in [4.69, 9.17) is 4.74 Å². The fourth-order valence-electron chi connectivity index (χ4n) is 5.00. The normalized spacial score (nSPS) is 14.2. The third-order valence-electron chi connectivity index (χ3n) is 6.95. The number of para-hydroxylation sites is 1. The summed E-state index contributed by atoms with van der Waals surface area (Å²) in [7, 11) is 0. The van der Waals surface area contributed by atoms with Crippen LogP contribution in [0.4, 0.5) is 0 Å². The fourth-order valence-corrected chi connectivity index (χ4v) is 5.00. The van der Waals surface area contributed by atoms with Crippen LogP contribution in [0, 0.1) is 6.92 Å². The summed E-state index contributed by atoms with van der Waals surface area (Å²) in [6, 6.07) is 27.4. The van der Waals surface area contributed by atoms with Gasteiger partial charge in [0.15, 0.2) is 0 Å². The SMILES string of the molecule is Cc1cccc(CN(C(=O)CCCOc2ccccc2)C(Cc2ccccc2)C(=O)NC2CCCC2)c1. The molecule has 3 aromatic rings. The molecule has 2 amide bonds. The minimum atomic E-state index is -0.578. The van der Waals surface area contributed by atoms with Gasteiger partial charge in [-0.3, -0.25) is 9.59 Å². The van der Waals surface area contributed by atoms with Crippen LogP contribution in [0.1, 0.15) is 55.2 Å². The van der Waals surface area contributed by atoms with Crippen molar-refractivity contribution in [2.75, 3.05) is 6.61 Å². The molecule has 3 aromatic carbocycles. The average molecular weight is 499 g/mol. The van der Waals surface area contributed by atoms with E-state index in [1.165, 1.54) is 0 Å². The van der Waals surface area contributed by atoms with Crippen molar-refractivity contribution in [2.24, 2.45) is 0 Å². The number of nitrogens with one attached hydrogen (secondary N) is 1. The van der Waals surface area contributed by atoms with Gasteiger partial charge >= 0.3 is 0 Å². The second-order valence-electron chi connectivity index (χ2n) is 9.97. The standard InChI is InChI=1S/C32H38N2O3/c1-25-12-10-15-27(22-25)24-34(31(35)20-11-21-37-29-18-6-3-7-19-29)30(23-26-13-4-2-5-14-26)32(36)33-28-16-8-9-17-28/h2-7,10,12-15,18-19,22,28,30H,8-9,11,16-17,20-21,23-24H2,1H3,(H,33,36). The number of hydrogen-bond acceptors (Lipinski definition) is 3. The molecule has 0 spiro atoms. The molecule has 1 fully saturated rings. The minimum absolute atomic E-state index is 0.0272. The van der Waals surface area contributed by atoms with Crippen LogP contribution in [-0.4, -0.2) is 35.4 Å². The summed E-state index contributed by atoms with van der Waals surface area (Å²) < 4.78 is 5.81. The number of hydrogen-bond donors (Lipinski definition) is 1. The molecule has 0 radical (unpaired) electrons. The Labute approximate surface area is 220 Å². The van der Waals surface area contributed by atoms with E-state index < -0.39 is 6.04 Å². The molecule has 5 heteroatoms. The van der Waals surface area contributed by atoms with Crippen LogP contribution in [0.5, 0.6) is 5.75 Å². The highest BCUT2D eigenvalue weighted by molar-refractivity contribution is 5.88. The first kappa shape index (κ1) is 26.5. The number of rotatable bonds is 12. The van der Waals surface area contributed by atoms with Crippen molar-refractivity contribution in [3.05, 3.63) is 102 Å². The summed E-state index contributed by atoms with van der Waals surface area (Å²) in [4.78, 5) is 29.2. The first-order valence-electron chi connectivity index (χ1n) is 13.5. The summed E-state index contributed by atoms with van der Waals surface area (Å²) in [5.74, 6) is 0.711. The number of benzene rings is 3. The Hall–Kier alpha value is -3.60. The maximum atomic E-state index is 13.7. The number of carbonyl (C=O) groups is 2. The summed E-state index contributed by atoms with van der Waals surface area (Å²) in [6.07, 6.45) is 5.68. The van der Waals surface area contributed by atoms with Crippen molar-refractivity contribution in [3.8, 4) is 5.75 Å². The first-order chi connectivity index (χ1) is 18.1.